The Hall–Kier alpha value is 0.1000. The third-order valence-electron chi connectivity index (χ3n) is 2.30. The smallest absolute Gasteiger partial charge is 0.106 e. The summed E-state index contributed by atoms with van der Waals surface area (Å²) in [4.78, 5) is 8.91. The SMILES string of the molecule is Cc1nc2c(Br)c(Cl)c(Cl)c(Br)c2nc1C. The maximum atomic E-state index is 6.08. The van der Waals surface area contributed by atoms with Crippen molar-refractivity contribution in [3.63, 3.8) is 0 Å². The summed E-state index contributed by atoms with van der Waals surface area (Å²) >= 11 is 18.9. The minimum atomic E-state index is 0.443. The molecule has 0 aliphatic heterocycles. The van der Waals surface area contributed by atoms with Crippen LogP contribution in [0.2, 0.25) is 10.0 Å². The molecule has 1 aromatic carbocycles. The van der Waals surface area contributed by atoms with Crippen molar-refractivity contribution in [1.29, 1.82) is 0 Å². The van der Waals surface area contributed by atoms with Gasteiger partial charge in [0.1, 0.15) is 11.0 Å². The normalized spacial score (nSPS) is 11.1. The molecule has 0 amide bonds. The van der Waals surface area contributed by atoms with Gasteiger partial charge in [0.2, 0.25) is 0 Å². The molecule has 0 fully saturated rings. The van der Waals surface area contributed by atoms with Gasteiger partial charge >= 0.3 is 0 Å². The summed E-state index contributed by atoms with van der Waals surface area (Å²) in [5, 5.41) is 0.886. The molecule has 6 heteroatoms. The standard InChI is InChI=1S/C10H6Br2Cl2N2/c1-3-4(2)16-10-6(12)8(14)7(13)5(11)9(10)15-3/h1-2H3. The molecule has 16 heavy (non-hydrogen) atoms. The second-order valence-electron chi connectivity index (χ2n) is 3.35. The zero-order valence-corrected chi connectivity index (χ0v) is 13.1. The van der Waals surface area contributed by atoms with E-state index < -0.39 is 0 Å². The highest BCUT2D eigenvalue weighted by atomic mass is 79.9. The number of aromatic nitrogens is 2. The molecule has 2 aromatic rings. The van der Waals surface area contributed by atoms with Crippen LogP contribution in [-0.2, 0) is 0 Å². The van der Waals surface area contributed by atoms with Crippen LogP contribution in [0.4, 0.5) is 0 Å². The lowest BCUT2D eigenvalue weighted by Gasteiger charge is -2.09. The number of nitrogens with zero attached hydrogens (tertiary/aromatic N) is 2. The Morgan fingerprint density at radius 1 is 0.812 bits per heavy atom. The summed E-state index contributed by atoms with van der Waals surface area (Å²) in [5.41, 5.74) is 3.17. The highest BCUT2D eigenvalue weighted by molar-refractivity contribution is 9.11. The van der Waals surface area contributed by atoms with Gasteiger partial charge in [0.15, 0.2) is 0 Å². The first-order chi connectivity index (χ1) is 7.43. The highest BCUT2D eigenvalue weighted by Gasteiger charge is 2.17. The molecule has 0 bridgehead atoms. The number of aryl methyl sites for hydroxylation is 2. The van der Waals surface area contributed by atoms with E-state index >= 15 is 0 Å². The maximum Gasteiger partial charge on any atom is 0.106 e. The lowest BCUT2D eigenvalue weighted by atomic mass is 10.2. The number of hydrogen-bond donors (Lipinski definition) is 0. The minimum absolute atomic E-state index is 0.443. The topological polar surface area (TPSA) is 25.8 Å². The first-order valence-corrected chi connectivity index (χ1v) is 6.74. The molecule has 0 aliphatic rings. The van der Waals surface area contributed by atoms with Crippen LogP contribution in [0.3, 0.4) is 0 Å². The third kappa shape index (κ3) is 1.86. The van der Waals surface area contributed by atoms with E-state index in [4.69, 9.17) is 23.2 Å². The second-order valence-corrected chi connectivity index (χ2v) is 5.69. The van der Waals surface area contributed by atoms with Crippen molar-refractivity contribution >= 4 is 66.1 Å². The van der Waals surface area contributed by atoms with E-state index in [9.17, 15) is 0 Å². The average Bonchev–Trinajstić information content (AvgIpc) is 2.26. The molecule has 0 spiro atoms. The van der Waals surface area contributed by atoms with Crippen LogP contribution < -0.4 is 0 Å². The van der Waals surface area contributed by atoms with Crippen molar-refractivity contribution in [3.8, 4) is 0 Å². The fraction of sp³-hybridized carbons (Fsp3) is 0.200. The Labute approximate surface area is 120 Å². The first kappa shape index (κ1) is 12.6. The van der Waals surface area contributed by atoms with Crippen LogP contribution in [-0.4, -0.2) is 9.97 Å². The van der Waals surface area contributed by atoms with E-state index in [1.165, 1.54) is 0 Å². The van der Waals surface area contributed by atoms with Crippen molar-refractivity contribution in [2.75, 3.05) is 0 Å². The summed E-state index contributed by atoms with van der Waals surface area (Å²) in [6, 6.07) is 0. The van der Waals surface area contributed by atoms with Gasteiger partial charge in [0.25, 0.3) is 0 Å². The second kappa shape index (κ2) is 4.41. The lowest BCUT2D eigenvalue weighted by molar-refractivity contribution is 1.10. The van der Waals surface area contributed by atoms with Crippen LogP contribution in [0, 0.1) is 13.8 Å². The maximum absolute atomic E-state index is 6.08. The largest absolute Gasteiger partial charge is 0.248 e. The molecule has 2 nitrogen and oxygen atoms in total. The van der Waals surface area contributed by atoms with Crippen LogP contribution in [0.15, 0.2) is 8.95 Å². The lowest BCUT2D eigenvalue weighted by Crippen LogP contribution is -1.96. The van der Waals surface area contributed by atoms with Crippen molar-refractivity contribution in [3.05, 3.63) is 30.4 Å². The molecular formula is C10H6Br2Cl2N2. The van der Waals surface area contributed by atoms with E-state index in [0.29, 0.717) is 30.0 Å². The molecule has 0 unspecified atom stereocenters. The highest BCUT2D eigenvalue weighted by Crippen LogP contribution is 2.41. The molecule has 1 aromatic heterocycles. The van der Waals surface area contributed by atoms with Gasteiger partial charge in [-0.15, -0.1) is 0 Å². The molecule has 0 saturated carbocycles. The van der Waals surface area contributed by atoms with Crippen LogP contribution in [0.1, 0.15) is 11.4 Å². The number of hydrogen-bond acceptors (Lipinski definition) is 2. The minimum Gasteiger partial charge on any atom is -0.248 e. The van der Waals surface area contributed by atoms with Gasteiger partial charge in [-0.2, -0.15) is 0 Å². The van der Waals surface area contributed by atoms with E-state index in [1.54, 1.807) is 0 Å². The molecule has 84 valence electrons. The molecule has 1 heterocycles. The molecule has 0 aliphatic carbocycles. The van der Waals surface area contributed by atoms with Gasteiger partial charge in [-0.3, -0.25) is 0 Å². The van der Waals surface area contributed by atoms with Crippen molar-refractivity contribution in [2.24, 2.45) is 0 Å². The van der Waals surface area contributed by atoms with Gasteiger partial charge in [0.05, 0.1) is 30.4 Å². The molecule has 0 saturated heterocycles. The third-order valence-corrected chi connectivity index (χ3v) is 5.15. The van der Waals surface area contributed by atoms with Crippen LogP contribution >= 0.6 is 55.1 Å². The van der Waals surface area contributed by atoms with Crippen LogP contribution in [0.5, 0.6) is 0 Å². The van der Waals surface area contributed by atoms with Crippen LogP contribution in [0.25, 0.3) is 11.0 Å². The molecule has 0 radical (unpaired) electrons. The first-order valence-electron chi connectivity index (χ1n) is 4.40. The molecule has 0 N–H and O–H groups in total. The Morgan fingerprint density at radius 3 is 1.44 bits per heavy atom. The summed E-state index contributed by atoms with van der Waals surface area (Å²) in [7, 11) is 0. The number of rotatable bonds is 0. The fourth-order valence-electron chi connectivity index (χ4n) is 1.31. The summed E-state index contributed by atoms with van der Waals surface area (Å²) < 4.78 is 1.35. The Morgan fingerprint density at radius 2 is 1.12 bits per heavy atom. The quantitative estimate of drug-likeness (QED) is 0.467. The Kier molecular flexibility index (Phi) is 3.46. The number of fused-ring (bicyclic) bond motifs is 1. The van der Waals surface area contributed by atoms with E-state index in [0.717, 1.165) is 11.4 Å². The van der Waals surface area contributed by atoms with Crippen molar-refractivity contribution < 1.29 is 0 Å². The Bertz CT molecular complexity index is 547. The summed E-state index contributed by atoms with van der Waals surface area (Å²) in [6.07, 6.45) is 0. The Balaban J connectivity index is 3.02. The predicted molar refractivity (Wildman–Crippen MR) is 74.4 cm³/mol. The van der Waals surface area contributed by atoms with E-state index in [-0.39, 0.29) is 0 Å². The van der Waals surface area contributed by atoms with Gasteiger partial charge in [0, 0.05) is 0 Å². The van der Waals surface area contributed by atoms with Crippen molar-refractivity contribution in [2.45, 2.75) is 13.8 Å². The van der Waals surface area contributed by atoms with Gasteiger partial charge in [-0.25, -0.2) is 9.97 Å². The predicted octanol–water partition coefficient (Wildman–Crippen LogP) is 5.08. The molecular weight excluding hydrogens is 379 g/mol. The van der Waals surface area contributed by atoms with Gasteiger partial charge in [-0.1, -0.05) is 23.2 Å². The summed E-state index contributed by atoms with van der Waals surface area (Å²) in [5.74, 6) is 0. The van der Waals surface area contributed by atoms with Crippen molar-refractivity contribution in [1.82, 2.24) is 9.97 Å². The molecule has 2 rings (SSSR count). The van der Waals surface area contributed by atoms with Gasteiger partial charge < -0.3 is 0 Å². The average molecular weight is 385 g/mol. The summed E-state index contributed by atoms with van der Waals surface area (Å²) in [6.45, 7) is 3.81. The van der Waals surface area contributed by atoms with E-state index in [1.807, 2.05) is 13.8 Å². The fourth-order valence-corrected chi connectivity index (χ4v) is 2.86. The number of benzene rings is 1. The monoisotopic (exact) mass is 382 g/mol. The molecule has 0 atom stereocenters. The number of halogens is 4. The zero-order chi connectivity index (χ0) is 12.0. The van der Waals surface area contributed by atoms with Gasteiger partial charge in [-0.05, 0) is 45.7 Å². The zero-order valence-electron chi connectivity index (χ0n) is 8.41. The van der Waals surface area contributed by atoms with E-state index in [2.05, 4.69) is 41.8 Å².